The Kier molecular flexibility index (Phi) is 3.11. The minimum Gasteiger partial charge on any atom is -0.317 e. The molecule has 3 heterocycles. The number of aryl methyl sites for hydroxylation is 1. The first kappa shape index (κ1) is 11.2. The quantitative estimate of drug-likeness (QED) is 0.807. The summed E-state index contributed by atoms with van der Waals surface area (Å²) < 4.78 is 2.29. The second-order valence-corrected chi connectivity index (χ2v) is 5.14. The van der Waals surface area contributed by atoms with Crippen LogP contribution >= 0.6 is 0 Å². The van der Waals surface area contributed by atoms with Crippen LogP contribution in [0.3, 0.4) is 0 Å². The molecule has 0 aliphatic carbocycles. The van der Waals surface area contributed by atoms with Gasteiger partial charge in [0.05, 0.1) is 6.04 Å². The summed E-state index contributed by atoms with van der Waals surface area (Å²) >= 11 is 0. The van der Waals surface area contributed by atoms with Crippen molar-refractivity contribution in [2.75, 3.05) is 13.1 Å². The summed E-state index contributed by atoms with van der Waals surface area (Å²) in [6, 6.07) is 0.943. The van der Waals surface area contributed by atoms with E-state index >= 15 is 0 Å². The minimum absolute atomic E-state index is 0.317. The van der Waals surface area contributed by atoms with Crippen molar-refractivity contribution in [3.63, 3.8) is 0 Å². The number of nitrogens with zero attached hydrogens (tertiary/aromatic N) is 3. The lowest BCUT2D eigenvalue weighted by atomic mass is 10.1. The molecule has 1 aromatic heterocycles. The first-order valence-electron chi connectivity index (χ1n) is 6.73. The molecule has 1 saturated heterocycles. The van der Waals surface area contributed by atoms with Gasteiger partial charge in [-0.2, -0.15) is 0 Å². The van der Waals surface area contributed by atoms with Crippen LogP contribution in [-0.2, 0) is 13.0 Å². The summed E-state index contributed by atoms with van der Waals surface area (Å²) in [5.74, 6) is 2.29. The van der Waals surface area contributed by atoms with Crippen LogP contribution in [0.5, 0.6) is 0 Å². The molecular formula is C12H21N5. The van der Waals surface area contributed by atoms with Crippen LogP contribution in [0, 0.1) is 0 Å². The van der Waals surface area contributed by atoms with Crippen LogP contribution in [-0.4, -0.2) is 33.9 Å². The summed E-state index contributed by atoms with van der Waals surface area (Å²) in [6.07, 6.45) is 4.74. The Labute approximate surface area is 102 Å². The smallest absolute Gasteiger partial charge is 0.149 e. The van der Waals surface area contributed by atoms with E-state index in [-0.39, 0.29) is 0 Å². The zero-order valence-electron chi connectivity index (χ0n) is 10.4. The van der Waals surface area contributed by atoms with Crippen LogP contribution in [0.25, 0.3) is 0 Å². The van der Waals surface area contributed by atoms with E-state index < -0.39 is 0 Å². The maximum atomic E-state index is 4.34. The van der Waals surface area contributed by atoms with Crippen LogP contribution in [0.4, 0.5) is 0 Å². The molecule has 1 atom stereocenters. The number of hydrogen-bond acceptors (Lipinski definition) is 4. The van der Waals surface area contributed by atoms with Gasteiger partial charge in [-0.15, -0.1) is 10.2 Å². The zero-order valence-corrected chi connectivity index (χ0v) is 10.4. The normalized spacial score (nSPS) is 22.6. The van der Waals surface area contributed by atoms with Gasteiger partial charge in [-0.25, -0.2) is 0 Å². The maximum absolute atomic E-state index is 4.34. The van der Waals surface area contributed by atoms with Gasteiger partial charge in [-0.05, 0) is 39.3 Å². The van der Waals surface area contributed by atoms with E-state index in [0.29, 0.717) is 12.1 Å². The molecule has 1 fully saturated rings. The molecule has 2 aliphatic rings. The van der Waals surface area contributed by atoms with Crippen molar-refractivity contribution >= 4 is 0 Å². The number of nitrogens with one attached hydrogen (secondary N) is 2. The summed E-state index contributed by atoms with van der Waals surface area (Å²) in [5, 5.41) is 15.7. The van der Waals surface area contributed by atoms with E-state index in [1.807, 2.05) is 0 Å². The third-order valence-electron chi connectivity index (χ3n) is 3.85. The number of fused-ring (bicyclic) bond motifs is 1. The largest absolute Gasteiger partial charge is 0.317 e. The van der Waals surface area contributed by atoms with E-state index in [1.54, 1.807) is 0 Å². The number of rotatable bonds is 3. The van der Waals surface area contributed by atoms with Gasteiger partial charge in [0.2, 0.25) is 0 Å². The average molecular weight is 235 g/mol. The molecule has 0 spiro atoms. The fraction of sp³-hybridized carbons (Fsp3) is 0.833. The van der Waals surface area contributed by atoms with Crippen molar-refractivity contribution in [1.29, 1.82) is 0 Å². The topological polar surface area (TPSA) is 54.8 Å². The molecule has 3 rings (SSSR count). The third-order valence-corrected chi connectivity index (χ3v) is 3.85. The lowest BCUT2D eigenvalue weighted by molar-refractivity contribution is 0.349. The van der Waals surface area contributed by atoms with Gasteiger partial charge in [0.1, 0.15) is 11.6 Å². The monoisotopic (exact) mass is 235 g/mol. The lowest BCUT2D eigenvalue weighted by Gasteiger charge is -2.26. The van der Waals surface area contributed by atoms with Crippen LogP contribution in [0.1, 0.15) is 43.9 Å². The summed E-state index contributed by atoms with van der Waals surface area (Å²) in [4.78, 5) is 0. The van der Waals surface area contributed by atoms with Crippen molar-refractivity contribution in [3.8, 4) is 0 Å². The van der Waals surface area contributed by atoms with Crippen molar-refractivity contribution in [2.24, 2.45) is 0 Å². The van der Waals surface area contributed by atoms with Crippen molar-refractivity contribution in [1.82, 2.24) is 25.4 Å². The zero-order chi connectivity index (χ0) is 11.7. The average Bonchev–Trinajstić information content (AvgIpc) is 2.91. The standard InChI is InChI=1S/C12H21N5/c1-9(14-10-4-6-13-7-5-10)12-16-15-11-3-2-8-17(11)12/h9-10,13-14H,2-8H2,1H3. The number of aromatic nitrogens is 3. The van der Waals surface area contributed by atoms with E-state index in [1.165, 1.54) is 25.1 Å². The van der Waals surface area contributed by atoms with Gasteiger partial charge in [0, 0.05) is 19.0 Å². The summed E-state index contributed by atoms with van der Waals surface area (Å²) in [6.45, 7) is 5.55. The molecule has 0 aromatic carbocycles. The molecule has 2 N–H and O–H groups in total. The molecule has 2 aliphatic heterocycles. The fourth-order valence-electron chi connectivity index (χ4n) is 2.91. The molecular weight excluding hydrogens is 214 g/mol. The Morgan fingerprint density at radius 2 is 2.18 bits per heavy atom. The van der Waals surface area contributed by atoms with Crippen molar-refractivity contribution in [3.05, 3.63) is 11.6 Å². The molecule has 0 saturated carbocycles. The van der Waals surface area contributed by atoms with E-state index in [0.717, 1.165) is 31.9 Å². The molecule has 1 aromatic rings. The van der Waals surface area contributed by atoms with Gasteiger partial charge in [0.25, 0.3) is 0 Å². The first-order valence-corrected chi connectivity index (χ1v) is 6.73. The SMILES string of the molecule is CC(NC1CCNCC1)c1nnc2n1CCC2. The van der Waals surface area contributed by atoms with Gasteiger partial charge in [-0.3, -0.25) is 0 Å². The molecule has 94 valence electrons. The lowest BCUT2D eigenvalue weighted by Crippen LogP contribution is -2.41. The first-order chi connectivity index (χ1) is 8.34. The van der Waals surface area contributed by atoms with Gasteiger partial charge in [0.15, 0.2) is 0 Å². The summed E-state index contributed by atoms with van der Waals surface area (Å²) in [5.41, 5.74) is 0. The highest BCUT2D eigenvalue weighted by Crippen LogP contribution is 2.20. The van der Waals surface area contributed by atoms with E-state index in [4.69, 9.17) is 0 Å². The second kappa shape index (κ2) is 4.74. The molecule has 1 unspecified atom stereocenters. The predicted octanol–water partition coefficient (Wildman–Crippen LogP) is 0.627. The van der Waals surface area contributed by atoms with Gasteiger partial charge < -0.3 is 15.2 Å². The van der Waals surface area contributed by atoms with Crippen LogP contribution < -0.4 is 10.6 Å². The highest BCUT2D eigenvalue weighted by atomic mass is 15.3. The third kappa shape index (κ3) is 2.21. The highest BCUT2D eigenvalue weighted by molar-refractivity contribution is 5.04. The Hall–Kier alpha value is -0.940. The van der Waals surface area contributed by atoms with Gasteiger partial charge >= 0.3 is 0 Å². The van der Waals surface area contributed by atoms with E-state index in [2.05, 4.69) is 32.3 Å². The minimum atomic E-state index is 0.317. The number of hydrogen-bond donors (Lipinski definition) is 2. The van der Waals surface area contributed by atoms with Crippen LogP contribution in [0.15, 0.2) is 0 Å². The molecule has 0 bridgehead atoms. The van der Waals surface area contributed by atoms with E-state index in [9.17, 15) is 0 Å². The van der Waals surface area contributed by atoms with Gasteiger partial charge in [-0.1, -0.05) is 0 Å². The number of piperidine rings is 1. The fourth-order valence-corrected chi connectivity index (χ4v) is 2.91. The molecule has 0 amide bonds. The highest BCUT2D eigenvalue weighted by Gasteiger charge is 2.23. The van der Waals surface area contributed by atoms with Crippen molar-refractivity contribution < 1.29 is 0 Å². The molecule has 0 radical (unpaired) electrons. The Bertz CT molecular complexity index is 380. The molecule has 5 nitrogen and oxygen atoms in total. The predicted molar refractivity (Wildman–Crippen MR) is 65.8 cm³/mol. The Balaban J connectivity index is 1.66. The maximum Gasteiger partial charge on any atom is 0.149 e. The summed E-state index contributed by atoms with van der Waals surface area (Å²) in [7, 11) is 0. The molecule has 5 heteroatoms. The van der Waals surface area contributed by atoms with Crippen LogP contribution in [0.2, 0.25) is 0 Å². The molecule has 17 heavy (non-hydrogen) atoms. The Morgan fingerprint density at radius 3 is 3.00 bits per heavy atom. The second-order valence-electron chi connectivity index (χ2n) is 5.14. The van der Waals surface area contributed by atoms with Crippen molar-refractivity contribution in [2.45, 2.75) is 51.2 Å². The Morgan fingerprint density at radius 1 is 1.35 bits per heavy atom.